The van der Waals surface area contributed by atoms with Crippen LogP contribution >= 0.6 is 11.8 Å². The van der Waals surface area contributed by atoms with Crippen LogP contribution in [0.5, 0.6) is 0 Å². The Hall–Kier alpha value is -3.64. The maximum atomic E-state index is 14.2. The first-order valence-corrected chi connectivity index (χ1v) is 15.9. The van der Waals surface area contributed by atoms with Crippen LogP contribution in [0.1, 0.15) is 23.6 Å². The Bertz CT molecular complexity index is 1710. The average molecular weight is 600 g/mol. The first-order valence-electron chi connectivity index (χ1n) is 14.7. The van der Waals surface area contributed by atoms with Crippen LogP contribution in [0.4, 0.5) is 0 Å². The third-order valence-electron chi connectivity index (χ3n) is 9.76. The molecule has 3 saturated heterocycles. The van der Waals surface area contributed by atoms with E-state index in [9.17, 15) is 19.5 Å². The molecular weight excluding hydrogens is 566 g/mol. The summed E-state index contributed by atoms with van der Waals surface area (Å²) >= 11 is 1.51. The normalized spacial score (nSPS) is 33.3. The molecule has 6 atom stereocenters. The van der Waals surface area contributed by atoms with E-state index in [1.165, 1.54) is 34.5 Å². The zero-order valence-corrected chi connectivity index (χ0v) is 24.8. The van der Waals surface area contributed by atoms with Gasteiger partial charge in [0.1, 0.15) is 12.1 Å². The van der Waals surface area contributed by atoms with Gasteiger partial charge in [-0.25, -0.2) is 0 Å². The van der Waals surface area contributed by atoms with Gasteiger partial charge in [-0.05, 0) is 48.7 Å². The van der Waals surface area contributed by atoms with E-state index in [0.717, 1.165) is 28.6 Å². The molecule has 0 spiro atoms. The second kappa shape index (κ2) is 9.43. The van der Waals surface area contributed by atoms with Gasteiger partial charge in [0.05, 0.1) is 11.8 Å². The number of likely N-dealkylation sites (N-methyl/N-ethyl adjacent to an activating group) is 1. The van der Waals surface area contributed by atoms with Crippen molar-refractivity contribution >= 4 is 46.0 Å². The molecule has 3 fully saturated rings. The number of ether oxygens (including phenoxy) is 1. The number of fused-ring (bicyclic) bond motifs is 5. The SMILES string of the molecule is CN1C[C@H](C(=O)N[C@]2(C)O[C@@]3(O)[C@H]4CSCN4C(=O)[C@H](Cc4ccccc4)N3C2=O)C=C2c3cccc4[nH]cc(c34)C[C@H]21. The van der Waals surface area contributed by atoms with E-state index in [1.54, 1.807) is 4.90 Å². The molecule has 0 unspecified atom stereocenters. The van der Waals surface area contributed by atoms with Crippen molar-refractivity contribution in [2.45, 2.75) is 49.5 Å². The molecule has 5 heterocycles. The molecule has 10 nitrogen and oxygen atoms in total. The number of thioether (sulfide) groups is 1. The molecule has 4 aliphatic heterocycles. The van der Waals surface area contributed by atoms with Gasteiger partial charge in [-0.3, -0.25) is 28.9 Å². The molecule has 43 heavy (non-hydrogen) atoms. The lowest BCUT2D eigenvalue weighted by atomic mass is 9.79. The first kappa shape index (κ1) is 26.9. The summed E-state index contributed by atoms with van der Waals surface area (Å²) in [6, 6.07) is 14.0. The van der Waals surface area contributed by atoms with Gasteiger partial charge in [0.2, 0.25) is 17.5 Å². The number of aromatic amines is 1. The highest BCUT2D eigenvalue weighted by Crippen LogP contribution is 2.46. The number of amides is 3. The third kappa shape index (κ3) is 3.88. The highest BCUT2D eigenvalue weighted by Gasteiger charge is 2.70. The molecule has 11 heteroatoms. The summed E-state index contributed by atoms with van der Waals surface area (Å²) in [4.78, 5) is 50.1. The summed E-state index contributed by atoms with van der Waals surface area (Å²) in [5.41, 5.74) is 3.56. The van der Waals surface area contributed by atoms with Gasteiger partial charge >= 0.3 is 0 Å². The number of nitrogens with zero attached hydrogens (tertiary/aromatic N) is 3. The topological polar surface area (TPSA) is 118 Å². The Morgan fingerprint density at radius 3 is 2.81 bits per heavy atom. The van der Waals surface area contributed by atoms with Crippen molar-refractivity contribution in [2.75, 3.05) is 25.2 Å². The summed E-state index contributed by atoms with van der Waals surface area (Å²) in [6.45, 7) is 1.95. The number of aromatic nitrogens is 1. The monoisotopic (exact) mass is 599 g/mol. The summed E-state index contributed by atoms with van der Waals surface area (Å²) < 4.78 is 6.21. The maximum Gasteiger partial charge on any atom is 0.280 e. The molecule has 0 bridgehead atoms. The smallest absolute Gasteiger partial charge is 0.280 e. The van der Waals surface area contributed by atoms with E-state index in [4.69, 9.17) is 4.74 Å². The van der Waals surface area contributed by atoms with Gasteiger partial charge in [0.25, 0.3) is 11.8 Å². The van der Waals surface area contributed by atoms with E-state index in [2.05, 4.69) is 33.5 Å². The number of hydrogen-bond acceptors (Lipinski definition) is 7. The first-order chi connectivity index (χ1) is 20.7. The van der Waals surface area contributed by atoms with Gasteiger partial charge < -0.3 is 20.3 Å². The van der Waals surface area contributed by atoms with Crippen molar-refractivity contribution in [3.8, 4) is 0 Å². The number of carbonyl (C=O) groups is 3. The number of nitrogens with one attached hydrogen (secondary N) is 2. The largest absolute Gasteiger partial charge is 0.361 e. The van der Waals surface area contributed by atoms with E-state index in [-0.39, 0.29) is 24.3 Å². The molecule has 8 rings (SSSR count). The third-order valence-corrected chi connectivity index (χ3v) is 10.8. The highest BCUT2D eigenvalue weighted by molar-refractivity contribution is 7.99. The molecule has 2 aromatic carbocycles. The molecule has 1 aliphatic carbocycles. The van der Waals surface area contributed by atoms with Crippen LogP contribution in [0.2, 0.25) is 0 Å². The van der Waals surface area contributed by atoms with Crippen molar-refractivity contribution in [3.63, 3.8) is 0 Å². The standard InChI is InChI=1S/C32H33N5O5S/c1-31(34-28(38)20-12-22-21-9-6-10-23-27(21)19(14-33-23)13-24(22)35(2)15-20)30(40)37-25(11-18-7-4-3-5-8-18)29(39)36-17-43-16-26(36)32(37,41)42-31/h3-10,12,14,20,24-26,33,41H,11,13,15-17H2,1-2H3,(H,34,38)/t20-,24-,25+,26-,31-,32+/m1/s1. The predicted molar refractivity (Wildman–Crippen MR) is 161 cm³/mol. The van der Waals surface area contributed by atoms with Crippen molar-refractivity contribution in [1.82, 2.24) is 25.0 Å². The van der Waals surface area contributed by atoms with E-state index in [0.29, 0.717) is 18.2 Å². The number of hydrogen-bond donors (Lipinski definition) is 3. The molecule has 5 aliphatic rings. The molecular formula is C32H33N5O5S. The van der Waals surface area contributed by atoms with Crippen LogP contribution < -0.4 is 5.32 Å². The Labute approximate surface area is 253 Å². The van der Waals surface area contributed by atoms with Crippen molar-refractivity contribution < 1.29 is 24.2 Å². The van der Waals surface area contributed by atoms with Gasteiger partial charge in [-0.15, -0.1) is 11.8 Å². The minimum Gasteiger partial charge on any atom is -0.361 e. The lowest BCUT2D eigenvalue weighted by Gasteiger charge is -2.48. The average Bonchev–Trinajstić information content (AvgIpc) is 3.70. The van der Waals surface area contributed by atoms with E-state index < -0.39 is 35.5 Å². The summed E-state index contributed by atoms with van der Waals surface area (Å²) in [5, 5.41) is 16.1. The van der Waals surface area contributed by atoms with Crippen LogP contribution in [0.3, 0.4) is 0 Å². The zero-order valence-electron chi connectivity index (χ0n) is 23.9. The van der Waals surface area contributed by atoms with E-state index in [1.807, 2.05) is 49.5 Å². The number of piperazine rings is 1. The van der Waals surface area contributed by atoms with Crippen molar-refractivity contribution in [1.29, 1.82) is 0 Å². The molecule has 0 radical (unpaired) electrons. The maximum absolute atomic E-state index is 14.2. The van der Waals surface area contributed by atoms with Gasteiger partial charge in [-0.1, -0.05) is 48.5 Å². The fourth-order valence-electron chi connectivity index (χ4n) is 7.67. The van der Waals surface area contributed by atoms with Crippen LogP contribution in [0.25, 0.3) is 16.5 Å². The lowest BCUT2D eigenvalue weighted by molar-refractivity contribution is -0.313. The lowest BCUT2D eigenvalue weighted by Crippen LogP contribution is -2.72. The number of H-pyrrole nitrogens is 1. The fraction of sp³-hybridized carbons (Fsp3) is 0.406. The Morgan fingerprint density at radius 1 is 1.19 bits per heavy atom. The van der Waals surface area contributed by atoms with Crippen LogP contribution in [0, 0.1) is 5.92 Å². The highest BCUT2D eigenvalue weighted by atomic mass is 32.2. The number of rotatable bonds is 4. The Kier molecular flexibility index (Phi) is 5.91. The predicted octanol–water partition coefficient (Wildman–Crippen LogP) is 1.90. The summed E-state index contributed by atoms with van der Waals surface area (Å²) in [7, 11) is 2.02. The minimum absolute atomic E-state index is 0.142. The van der Waals surface area contributed by atoms with Crippen molar-refractivity contribution in [2.24, 2.45) is 5.92 Å². The quantitative estimate of drug-likeness (QED) is 0.419. The molecule has 1 aromatic heterocycles. The van der Waals surface area contributed by atoms with Crippen molar-refractivity contribution in [3.05, 3.63) is 77.5 Å². The minimum atomic E-state index is -2.06. The van der Waals surface area contributed by atoms with Gasteiger partial charge in [0, 0.05) is 41.9 Å². The number of aliphatic hydroxyl groups is 1. The second-order valence-corrected chi connectivity index (χ2v) is 13.4. The van der Waals surface area contributed by atoms with Gasteiger partial charge in [-0.2, -0.15) is 0 Å². The Morgan fingerprint density at radius 2 is 2.00 bits per heavy atom. The number of carbonyl (C=O) groups excluding carboxylic acids is 3. The van der Waals surface area contributed by atoms with Crippen LogP contribution in [-0.4, -0.2) is 97.5 Å². The van der Waals surface area contributed by atoms with Crippen LogP contribution in [-0.2, 0) is 32.0 Å². The molecule has 3 amide bonds. The van der Waals surface area contributed by atoms with Crippen LogP contribution in [0.15, 0.2) is 60.8 Å². The summed E-state index contributed by atoms with van der Waals surface area (Å²) in [5.74, 6) is -3.00. The number of benzene rings is 2. The van der Waals surface area contributed by atoms with Gasteiger partial charge in [0.15, 0.2) is 0 Å². The molecule has 0 saturated carbocycles. The second-order valence-electron chi connectivity index (χ2n) is 12.4. The molecule has 3 N–H and O–H groups in total. The Balaban J connectivity index is 1.11. The van der Waals surface area contributed by atoms with E-state index >= 15 is 0 Å². The molecule has 3 aromatic rings. The zero-order chi connectivity index (χ0) is 29.7. The fourth-order valence-corrected chi connectivity index (χ4v) is 8.90. The molecule has 222 valence electrons. The summed E-state index contributed by atoms with van der Waals surface area (Å²) in [6.07, 6.45) is 5.16.